The first-order chi connectivity index (χ1) is 14.6. The molecule has 0 amide bonds. The van der Waals surface area contributed by atoms with Gasteiger partial charge >= 0.3 is 0 Å². The first-order valence-corrected chi connectivity index (χ1v) is 12.3. The zero-order chi connectivity index (χ0) is 22.0. The second-order valence-corrected chi connectivity index (χ2v) is 8.65. The number of unbranched alkanes of at least 4 members (excludes halogenated alkanes) is 11. The largest absolute Gasteiger partial charge is 0.387 e. The average molecular weight is 416 g/mol. The maximum atomic E-state index is 12.6. The van der Waals surface area contributed by atoms with Gasteiger partial charge in [-0.2, -0.15) is 0 Å². The molecule has 0 saturated heterocycles. The second kappa shape index (κ2) is 17.3. The SMILES string of the molecule is CCCCCCCC/C=C\CCCCCCCC(=O)c1ccccc1C(O)[C@H](C)N. The number of aliphatic hydroxyl groups is 1. The number of hydrogen-bond donors (Lipinski definition) is 2. The summed E-state index contributed by atoms with van der Waals surface area (Å²) in [7, 11) is 0. The van der Waals surface area contributed by atoms with Crippen molar-refractivity contribution in [3.05, 3.63) is 47.5 Å². The highest BCUT2D eigenvalue weighted by Gasteiger charge is 2.19. The van der Waals surface area contributed by atoms with Gasteiger partial charge in [-0.25, -0.2) is 0 Å². The van der Waals surface area contributed by atoms with Crippen molar-refractivity contribution < 1.29 is 9.90 Å². The van der Waals surface area contributed by atoms with Crippen LogP contribution in [0.1, 0.15) is 126 Å². The number of ketones is 1. The normalized spacial score (nSPS) is 13.6. The van der Waals surface area contributed by atoms with E-state index in [0.29, 0.717) is 17.5 Å². The molecular formula is C27H45NO2. The number of carbonyl (C=O) groups is 1. The third-order valence-corrected chi connectivity index (χ3v) is 5.74. The molecule has 1 aromatic carbocycles. The molecule has 0 saturated carbocycles. The van der Waals surface area contributed by atoms with Crippen LogP contribution in [0.15, 0.2) is 36.4 Å². The van der Waals surface area contributed by atoms with Gasteiger partial charge in [0, 0.05) is 18.0 Å². The molecule has 3 heteroatoms. The fourth-order valence-corrected chi connectivity index (χ4v) is 3.78. The minimum absolute atomic E-state index is 0.114. The van der Waals surface area contributed by atoms with E-state index in [0.717, 1.165) is 12.8 Å². The fraction of sp³-hybridized carbons (Fsp3) is 0.667. The zero-order valence-electron chi connectivity index (χ0n) is 19.5. The number of allylic oxidation sites excluding steroid dienone is 2. The van der Waals surface area contributed by atoms with Gasteiger partial charge in [-0.1, -0.05) is 94.7 Å². The predicted molar refractivity (Wildman–Crippen MR) is 129 cm³/mol. The summed E-state index contributed by atoms with van der Waals surface area (Å²) in [6.45, 7) is 4.02. The second-order valence-electron chi connectivity index (χ2n) is 8.65. The summed E-state index contributed by atoms with van der Waals surface area (Å²) in [5.74, 6) is 0.114. The number of carbonyl (C=O) groups excluding carboxylic acids is 1. The summed E-state index contributed by atoms with van der Waals surface area (Å²) in [5, 5.41) is 10.2. The lowest BCUT2D eigenvalue weighted by Gasteiger charge is -2.18. The third-order valence-electron chi connectivity index (χ3n) is 5.74. The molecule has 0 heterocycles. The van der Waals surface area contributed by atoms with E-state index in [-0.39, 0.29) is 5.78 Å². The highest BCUT2D eigenvalue weighted by Crippen LogP contribution is 2.22. The summed E-state index contributed by atoms with van der Waals surface area (Å²) >= 11 is 0. The van der Waals surface area contributed by atoms with Crippen LogP contribution in [0.2, 0.25) is 0 Å². The Morgan fingerprint density at radius 2 is 1.43 bits per heavy atom. The van der Waals surface area contributed by atoms with Crippen molar-refractivity contribution in [2.45, 2.75) is 116 Å². The number of rotatable bonds is 18. The summed E-state index contributed by atoms with van der Waals surface area (Å²) in [6.07, 6.45) is 20.7. The lowest BCUT2D eigenvalue weighted by atomic mass is 9.93. The van der Waals surface area contributed by atoms with Crippen LogP contribution in [0.4, 0.5) is 0 Å². The van der Waals surface area contributed by atoms with E-state index in [1.165, 1.54) is 70.6 Å². The van der Waals surface area contributed by atoms with Crippen LogP contribution in [0, 0.1) is 0 Å². The molecule has 0 spiro atoms. The van der Waals surface area contributed by atoms with Crippen LogP contribution >= 0.6 is 0 Å². The first-order valence-electron chi connectivity index (χ1n) is 12.3. The van der Waals surface area contributed by atoms with Gasteiger partial charge in [0.15, 0.2) is 5.78 Å². The lowest BCUT2D eigenvalue weighted by Crippen LogP contribution is -2.25. The molecule has 0 radical (unpaired) electrons. The number of Topliss-reactive ketones (excluding diaryl/α,β-unsaturated/α-hetero) is 1. The van der Waals surface area contributed by atoms with Crippen LogP contribution in [0.5, 0.6) is 0 Å². The Morgan fingerprint density at radius 1 is 0.900 bits per heavy atom. The monoisotopic (exact) mass is 415 g/mol. The Balaban J connectivity index is 2.08. The Morgan fingerprint density at radius 3 is 2.03 bits per heavy atom. The van der Waals surface area contributed by atoms with Crippen LogP contribution in [0.3, 0.4) is 0 Å². The van der Waals surface area contributed by atoms with Crippen molar-refractivity contribution in [2.75, 3.05) is 0 Å². The van der Waals surface area contributed by atoms with E-state index in [2.05, 4.69) is 19.1 Å². The van der Waals surface area contributed by atoms with Gasteiger partial charge in [0.25, 0.3) is 0 Å². The van der Waals surface area contributed by atoms with Crippen LogP contribution in [-0.2, 0) is 0 Å². The summed E-state index contributed by atoms with van der Waals surface area (Å²) < 4.78 is 0. The van der Waals surface area contributed by atoms with E-state index >= 15 is 0 Å². The molecule has 1 rings (SSSR count). The molecule has 3 nitrogen and oxygen atoms in total. The quantitative estimate of drug-likeness (QED) is 0.150. The number of nitrogens with two attached hydrogens (primary N) is 1. The van der Waals surface area contributed by atoms with Gasteiger partial charge in [0.2, 0.25) is 0 Å². The molecule has 0 aliphatic heterocycles. The maximum Gasteiger partial charge on any atom is 0.163 e. The molecule has 0 aliphatic rings. The molecule has 0 fully saturated rings. The van der Waals surface area contributed by atoms with E-state index in [1.54, 1.807) is 19.1 Å². The number of benzene rings is 1. The third kappa shape index (κ3) is 11.7. The van der Waals surface area contributed by atoms with Crippen LogP contribution in [0.25, 0.3) is 0 Å². The maximum absolute atomic E-state index is 12.6. The van der Waals surface area contributed by atoms with Crippen molar-refractivity contribution >= 4 is 5.78 Å². The molecule has 30 heavy (non-hydrogen) atoms. The van der Waals surface area contributed by atoms with E-state index in [1.807, 2.05) is 12.1 Å². The van der Waals surface area contributed by atoms with Crippen LogP contribution < -0.4 is 5.73 Å². The smallest absolute Gasteiger partial charge is 0.163 e. The highest BCUT2D eigenvalue weighted by molar-refractivity contribution is 5.97. The van der Waals surface area contributed by atoms with E-state index in [4.69, 9.17) is 5.73 Å². The zero-order valence-corrected chi connectivity index (χ0v) is 19.5. The van der Waals surface area contributed by atoms with Crippen molar-refractivity contribution in [3.8, 4) is 0 Å². The molecule has 3 N–H and O–H groups in total. The molecule has 0 bridgehead atoms. The summed E-state index contributed by atoms with van der Waals surface area (Å²) in [6, 6.07) is 6.92. The Hall–Kier alpha value is -1.45. The average Bonchev–Trinajstić information content (AvgIpc) is 2.75. The van der Waals surface area contributed by atoms with E-state index in [9.17, 15) is 9.90 Å². The number of hydrogen-bond acceptors (Lipinski definition) is 3. The van der Waals surface area contributed by atoms with Crippen LogP contribution in [-0.4, -0.2) is 16.9 Å². The molecule has 2 atom stereocenters. The van der Waals surface area contributed by atoms with Crippen molar-refractivity contribution in [1.29, 1.82) is 0 Å². The molecule has 170 valence electrons. The standard InChI is InChI=1S/C27H45NO2/c1-3-4-5-6-7-8-9-10-11-12-13-14-15-16-17-22-26(29)24-20-18-19-21-25(24)27(30)23(2)28/h10-11,18-21,23,27,30H,3-9,12-17,22,28H2,1-2H3/b11-10-/t23-,27?/m0/s1. The Labute approximate surface area is 185 Å². The molecule has 0 aliphatic carbocycles. The van der Waals surface area contributed by atoms with Crippen molar-refractivity contribution in [1.82, 2.24) is 0 Å². The van der Waals surface area contributed by atoms with Gasteiger partial charge in [0.1, 0.15) is 0 Å². The fourth-order valence-electron chi connectivity index (χ4n) is 3.78. The Bertz CT molecular complexity index is 594. The lowest BCUT2D eigenvalue weighted by molar-refractivity contribution is 0.0968. The minimum atomic E-state index is -0.792. The summed E-state index contributed by atoms with van der Waals surface area (Å²) in [4.78, 5) is 12.6. The topological polar surface area (TPSA) is 63.3 Å². The molecule has 1 unspecified atom stereocenters. The van der Waals surface area contributed by atoms with Gasteiger partial charge in [-0.05, 0) is 44.6 Å². The summed E-state index contributed by atoms with van der Waals surface area (Å²) in [5.41, 5.74) is 7.09. The van der Waals surface area contributed by atoms with E-state index < -0.39 is 12.1 Å². The molecule has 0 aromatic heterocycles. The molecular weight excluding hydrogens is 370 g/mol. The van der Waals surface area contributed by atoms with Gasteiger partial charge < -0.3 is 10.8 Å². The number of aliphatic hydroxyl groups excluding tert-OH is 1. The van der Waals surface area contributed by atoms with Gasteiger partial charge in [-0.15, -0.1) is 0 Å². The highest BCUT2D eigenvalue weighted by atomic mass is 16.3. The molecule has 1 aromatic rings. The van der Waals surface area contributed by atoms with Crippen molar-refractivity contribution in [3.63, 3.8) is 0 Å². The minimum Gasteiger partial charge on any atom is -0.387 e. The predicted octanol–water partition coefficient (Wildman–Crippen LogP) is 7.29. The van der Waals surface area contributed by atoms with Gasteiger partial charge in [-0.3, -0.25) is 4.79 Å². The first kappa shape index (κ1) is 26.6. The van der Waals surface area contributed by atoms with Gasteiger partial charge in [0.05, 0.1) is 6.10 Å². The Kier molecular flexibility index (Phi) is 15.3. The van der Waals surface area contributed by atoms with Crippen molar-refractivity contribution in [2.24, 2.45) is 5.73 Å².